The zero-order valence-corrected chi connectivity index (χ0v) is 12.2. The summed E-state index contributed by atoms with van der Waals surface area (Å²) in [5.74, 6) is 0.918. The monoisotopic (exact) mass is 300 g/mol. The first kappa shape index (κ1) is 13.6. The van der Waals surface area contributed by atoms with Crippen LogP contribution in [0.25, 0.3) is 11.0 Å². The van der Waals surface area contributed by atoms with E-state index in [2.05, 4.69) is 15.3 Å². The fourth-order valence-electron chi connectivity index (χ4n) is 4.41. The van der Waals surface area contributed by atoms with Crippen LogP contribution in [-0.4, -0.2) is 33.6 Å². The minimum Gasteiger partial charge on any atom is -0.396 e. The number of anilines is 1. The molecule has 6 nitrogen and oxygen atoms in total. The first-order chi connectivity index (χ1) is 10.7. The predicted octanol–water partition coefficient (Wildman–Crippen LogP) is 1.48. The van der Waals surface area contributed by atoms with E-state index in [0.717, 1.165) is 23.1 Å². The highest BCUT2D eigenvalue weighted by Crippen LogP contribution is 2.49. The highest BCUT2D eigenvalue weighted by molar-refractivity contribution is 6.06. The Hall–Kier alpha value is -2.08. The molecule has 2 aliphatic rings. The lowest BCUT2D eigenvalue weighted by molar-refractivity contribution is 0.100. The first-order valence-electron chi connectivity index (χ1n) is 7.82. The SMILES string of the molecule is NC(=O)c1cnc2[nH]ccc2c1N[C@H]1[C@@H]2CC[C@@H](C2)[C@H]1CO. The number of H-pyrrole nitrogens is 1. The lowest BCUT2D eigenvalue weighted by Crippen LogP contribution is -2.37. The van der Waals surface area contributed by atoms with Gasteiger partial charge in [0.25, 0.3) is 5.91 Å². The van der Waals surface area contributed by atoms with Crippen LogP contribution < -0.4 is 11.1 Å². The Labute approximate surface area is 128 Å². The molecule has 2 aromatic heterocycles. The van der Waals surface area contributed by atoms with Gasteiger partial charge < -0.3 is 21.1 Å². The first-order valence-corrected chi connectivity index (χ1v) is 7.82. The molecule has 116 valence electrons. The number of hydrogen-bond acceptors (Lipinski definition) is 4. The van der Waals surface area contributed by atoms with E-state index in [1.54, 1.807) is 6.20 Å². The van der Waals surface area contributed by atoms with Crippen LogP contribution in [0.4, 0.5) is 5.69 Å². The molecule has 0 spiro atoms. The number of carbonyl (C=O) groups is 1. The molecule has 4 atom stereocenters. The molecule has 2 bridgehead atoms. The zero-order chi connectivity index (χ0) is 15.3. The number of fused-ring (bicyclic) bond motifs is 3. The Morgan fingerprint density at radius 3 is 3.05 bits per heavy atom. The molecule has 1 amide bonds. The molecule has 4 rings (SSSR count). The van der Waals surface area contributed by atoms with Gasteiger partial charge in [0, 0.05) is 36.3 Å². The molecule has 0 saturated heterocycles. The van der Waals surface area contributed by atoms with E-state index in [1.807, 2.05) is 6.07 Å². The largest absolute Gasteiger partial charge is 0.396 e. The molecular formula is C16H20N4O2. The summed E-state index contributed by atoms with van der Waals surface area (Å²) in [6.45, 7) is 0.187. The van der Waals surface area contributed by atoms with Crippen molar-refractivity contribution in [3.05, 3.63) is 24.0 Å². The maximum atomic E-state index is 11.8. The van der Waals surface area contributed by atoms with Crippen molar-refractivity contribution in [2.45, 2.75) is 25.3 Å². The van der Waals surface area contributed by atoms with Crippen LogP contribution in [-0.2, 0) is 0 Å². The molecule has 0 aromatic carbocycles. The lowest BCUT2D eigenvalue weighted by Gasteiger charge is -2.32. The van der Waals surface area contributed by atoms with E-state index in [1.165, 1.54) is 19.0 Å². The van der Waals surface area contributed by atoms with E-state index in [9.17, 15) is 9.90 Å². The van der Waals surface area contributed by atoms with Crippen molar-refractivity contribution in [2.24, 2.45) is 23.5 Å². The summed E-state index contributed by atoms with van der Waals surface area (Å²) in [5.41, 5.74) is 7.40. The second-order valence-corrected chi connectivity index (χ2v) is 6.50. The number of hydrogen-bond donors (Lipinski definition) is 4. The lowest BCUT2D eigenvalue weighted by atomic mass is 9.84. The fourth-order valence-corrected chi connectivity index (χ4v) is 4.41. The maximum Gasteiger partial charge on any atom is 0.252 e. The summed E-state index contributed by atoms with van der Waals surface area (Å²) in [4.78, 5) is 19.1. The van der Waals surface area contributed by atoms with Gasteiger partial charge in [-0.3, -0.25) is 4.79 Å². The number of primary amides is 1. The number of amides is 1. The van der Waals surface area contributed by atoms with Gasteiger partial charge in [0.2, 0.25) is 0 Å². The van der Waals surface area contributed by atoms with Crippen molar-refractivity contribution in [3.8, 4) is 0 Å². The number of rotatable bonds is 4. The van der Waals surface area contributed by atoms with Gasteiger partial charge in [-0.15, -0.1) is 0 Å². The van der Waals surface area contributed by atoms with Crippen LogP contribution in [0.5, 0.6) is 0 Å². The van der Waals surface area contributed by atoms with E-state index in [-0.39, 0.29) is 18.6 Å². The topological polar surface area (TPSA) is 104 Å². The van der Waals surface area contributed by atoms with Gasteiger partial charge >= 0.3 is 0 Å². The molecule has 22 heavy (non-hydrogen) atoms. The summed E-state index contributed by atoms with van der Waals surface area (Å²) in [6.07, 6.45) is 6.87. The Morgan fingerprint density at radius 2 is 2.27 bits per heavy atom. The van der Waals surface area contributed by atoms with Crippen LogP contribution in [0.1, 0.15) is 29.6 Å². The van der Waals surface area contributed by atoms with Gasteiger partial charge in [-0.25, -0.2) is 4.98 Å². The minimum atomic E-state index is -0.484. The Balaban J connectivity index is 1.75. The fraction of sp³-hybridized carbons (Fsp3) is 0.500. The number of pyridine rings is 1. The van der Waals surface area contributed by atoms with E-state index < -0.39 is 5.91 Å². The van der Waals surface area contributed by atoms with Crippen LogP contribution in [0, 0.1) is 17.8 Å². The van der Waals surface area contributed by atoms with Crippen molar-refractivity contribution in [2.75, 3.05) is 11.9 Å². The normalized spacial score (nSPS) is 30.0. The smallest absolute Gasteiger partial charge is 0.252 e. The third kappa shape index (κ3) is 1.90. The average molecular weight is 300 g/mol. The summed E-state index contributed by atoms with van der Waals surface area (Å²) in [7, 11) is 0. The number of aromatic nitrogens is 2. The molecular weight excluding hydrogens is 280 g/mol. The van der Waals surface area contributed by atoms with Gasteiger partial charge in [-0.2, -0.15) is 0 Å². The van der Waals surface area contributed by atoms with E-state index in [4.69, 9.17) is 5.73 Å². The number of aliphatic hydroxyl groups is 1. The number of nitrogens with zero attached hydrogens (tertiary/aromatic N) is 1. The summed E-state index contributed by atoms with van der Waals surface area (Å²) in [6, 6.07) is 2.10. The molecule has 2 aromatic rings. The van der Waals surface area contributed by atoms with Crippen molar-refractivity contribution < 1.29 is 9.90 Å². The molecule has 5 N–H and O–H groups in total. The van der Waals surface area contributed by atoms with Gasteiger partial charge in [0.05, 0.1) is 11.3 Å². The number of aromatic amines is 1. The molecule has 2 fully saturated rings. The molecule has 6 heteroatoms. The van der Waals surface area contributed by atoms with Crippen molar-refractivity contribution in [1.82, 2.24) is 9.97 Å². The molecule has 0 radical (unpaired) electrons. The van der Waals surface area contributed by atoms with Crippen molar-refractivity contribution >= 4 is 22.6 Å². The predicted molar refractivity (Wildman–Crippen MR) is 83.4 cm³/mol. The average Bonchev–Trinajstić information content (AvgIpc) is 3.22. The summed E-state index contributed by atoms with van der Waals surface area (Å²) in [5, 5.41) is 14.1. The number of carbonyl (C=O) groups excluding carboxylic acids is 1. The molecule has 0 aliphatic heterocycles. The van der Waals surface area contributed by atoms with E-state index in [0.29, 0.717) is 17.4 Å². The quantitative estimate of drug-likeness (QED) is 0.686. The second kappa shape index (κ2) is 4.98. The summed E-state index contributed by atoms with van der Waals surface area (Å²) >= 11 is 0. The van der Waals surface area contributed by atoms with Crippen LogP contribution in [0.2, 0.25) is 0 Å². The minimum absolute atomic E-state index is 0.187. The van der Waals surface area contributed by atoms with Crippen molar-refractivity contribution in [3.63, 3.8) is 0 Å². The maximum absolute atomic E-state index is 11.8. The van der Waals surface area contributed by atoms with Gasteiger partial charge in [0.1, 0.15) is 5.65 Å². The standard InChI is InChI=1S/C16H20N4O2/c17-15(22)11-6-19-16-10(3-4-18-16)14(11)20-13-9-2-1-8(5-9)12(13)7-21/h3-4,6,8-9,12-13,21H,1-2,5,7H2,(H2,17,22)(H2,18,19,20)/t8-,9+,12+,13-/m0/s1. The van der Waals surface area contributed by atoms with E-state index >= 15 is 0 Å². The zero-order valence-electron chi connectivity index (χ0n) is 12.2. The number of aliphatic hydroxyl groups excluding tert-OH is 1. The summed E-state index contributed by atoms with van der Waals surface area (Å²) < 4.78 is 0. The van der Waals surface area contributed by atoms with Crippen LogP contribution >= 0.6 is 0 Å². The highest BCUT2D eigenvalue weighted by Gasteiger charge is 2.47. The number of nitrogens with one attached hydrogen (secondary N) is 2. The molecule has 2 saturated carbocycles. The van der Waals surface area contributed by atoms with Gasteiger partial charge in [-0.05, 0) is 37.2 Å². The third-order valence-corrected chi connectivity index (χ3v) is 5.46. The van der Waals surface area contributed by atoms with Gasteiger partial charge in [-0.1, -0.05) is 0 Å². The molecule has 2 aliphatic carbocycles. The Morgan fingerprint density at radius 1 is 1.45 bits per heavy atom. The van der Waals surface area contributed by atoms with Crippen molar-refractivity contribution in [1.29, 1.82) is 0 Å². The Bertz CT molecular complexity index is 726. The molecule has 0 unspecified atom stereocenters. The van der Waals surface area contributed by atoms with Gasteiger partial charge in [0.15, 0.2) is 0 Å². The van der Waals surface area contributed by atoms with Crippen LogP contribution in [0.3, 0.4) is 0 Å². The Kier molecular flexibility index (Phi) is 3.07. The second-order valence-electron chi connectivity index (χ2n) is 6.50. The highest BCUT2D eigenvalue weighted by atomic mass is 16.3. The molecule has 2 heterocycles. The number of nitrogens with two attached hydrogens (primary N) is 1. The van der Waals surface area contributed by atoms with Crippen LogP contribution in [0.15, 0.2) is 18.5 Å². The third-order valence-electron chi connectivity index (χ3n) is 5.46.